The standard InChI is InChI=1S/C25H29ClN4OS/c1-17-15-22(18(2)14-21(17)27-16-30-12-6-5-7-13-30)31-24-28-23(29-32-24)25(3,4)19-8-10-20(26)11-9-19/h8-11,14-16H,5-7,12-13H2,1-4H3/b27-16-. The average Bonchev–Trinajstić information content (AvgIpc) is 3.26. The summed E-state index contributed by atoms with van der Waals surface area (Å²) in [5.41, 5.74) is 3.83. The molecule has 4 rings (SSSR count). The second-order valence-electron chi connectivity index (χ2n) is 8.86. The summed E-state index contributed by atoms with van der Waals surface area (Å²) in [6, 6.07) is 11.9. The zero-order valence-corrected chi connectivity index (χ0v) is 20.6. The van der Waals surface area contributed by atoms with Crippen molar-refractivity contribution in [3.63, 3.8) is 0 Å². The molecule has 0 amide bonds. The van der Waals surface area contributed by atoms with Gasteiger partial charge in [0, 0.05) is 29.6 Å². The predicted octanol–water partition coefficient (Wildman–Crippen LogP) is 7.07. The van der Waals surface area contributed by atoms with Gasteiger partial charge in [0.05, 0.1) is 17.4 Å². The highest BCUT2D eigenvalue weighted by molar-refractivity contribution is 7.07. The lowest BCUT2D eigenvalue weighted by Crippen LogP contribution is -2.28. The van der Waals surface area contributed by atoms with Crippen LogP contribution in [0.1, 0.15) is 55.6 Å². The van der Waals surface area contributed by atoms with E-state index in [1.54, 1.807) is 0 Å². The number of nitrogens with zero attached hydrogens (tertiary/aromatic N) is 4. The van der Waals surface area contributed by atoms with Crippen LogP contribution in [0.5, 0.6) is 10.9 Å². The topological polar surface area (TPSA) is 50.6 Å². The average molecular weight is 469 g/mol. The molecule has 2 heterocycles. The van der Waals surface area contributed by atoms with Gasteiger partial charge >= 0.3 is 0 Å². The molecule has 0 aliphatic carbocycles. The Balaban J connectivity index is 1.50. The minimum Gasteiger partial charge on any atom is -0.430 e. The Bertz CT molecular complexity index is 1100. The molecule has 0 atom stereocenters. The fraction of sp³-hybridized carbons (Fsp3) is 0.400. The third-order valence-corrected chi connectivity index (χ3v) is 6.82. The van der Waals surface area contributed by atoms with Crippen LogP contribution >= 0.6 is 23.1 Å². The van der Waals surface area contributed by atoms with Crippen molar-refractivity contribution in [2.45, 2.75) is 52.4 Å². The SMILES string of the molecule is Cc1cc(Oc2nc(C(C)(C)c3ccc(Cl)cc3)ns2)c(C)cc1/N=C\N1CCCCC1. The second-order valence-corrected chi connectivity index (χ2v) is 10.0. The molecule has 0 spiro atoms. The summed E-state index contributed by atoms with van der Waals surface area (Å²) in [7, 11) is 0. The number of benzene rings is 2. The lowest BCUT2D eigenvalue weighted by molar-refractivity contribution is 0.351. The molecule has 1 aromatic heterocycles. The number of rotatable bonds is 6. The van der Waals surface area contributed by atoms with E-state index in [1.165, 1.54) is 30.8 Å². The van der Waals surface area contributed by atoms with Crippen molar-refractivity contribution < 1.29 is 4.74 Å². The molecule has 3 aromatic rings. The van der Waals surface area contributed by atoms with Crippen LogP contribution in [0.15, 0.2) is 41.4 Å². The van der Waals surface area contributed by atoms with Gasteiger partial charge < -0.3 is 9.64 Å². The summed E-state index contributed by atoms with van der Waals surface area (Å²) >= 11 is 7.31. The van der Waals surface area contributed by atoms with Crippen LogP contribution in [0, 0.1) is 13.8 Å². The highest BCUT2D eigenvalue weighted by atomic mass is 35.5. The third-order valence-electron chi connectivity index (χ3n) is 5.97. The lowest BCUT2D eigenvalue weighted by atomic mass is 9.84. The fourth-order valence-corrected chi connectivity index (χ4v) is 4.61. The van der Waals surface area contributed by atoms with Crippen molar-refractivity contribution in [1.82, 2.24) is 14.3 Å². The van der Waals surface area contributed by atoms with Gasteiger partial charge in [-0.15, -0.1) is 0 Å². The van der Waals surface area contributed by atoms with E-state index in [1.807, 2.05) is 43.6 Å². The van der Waals surface area contributed by atoms with Crippen molar-refractivity contribution >= 4 is 35.2 Å². The maximum Gasteiger partial charge on any atom is 0.298 e. The molecule has 32 heavy (non-hydrogen) atoms. The summed E-state index contributed by atoms with van der Waals surface area (Å²) in [6.45, 7) is 10.5. The van der Waals surface area contributed by atoms with E-state index >= 15 is 0 Å². The second kappa shape index (κ2) is 9.59. The first-order chi connectivity index (χ1) is 15.3. The first-order valence-electron chi connectivity index (χ1n) is 11.0. The number of aliphatic imine (C=N–C) groups is 1. The number of aryl methyl sites for hydroxylation is 2. The van der Waals surface area contributed by atoms with Crippen molar-refractivity contribution in [2.75, 3.05) is 13.1 Å². The quantitative estimate of drug-likeness (QED) is 0.286. The first kappa shape index (κ1) is 22.7. The molecule has 0 N–H and O–H groups in total. The molecule has 0 saturated carbocycles. The Hall–Kier alpha value is -2.44. The number of likely N-dealkylation sites (tertiary alicyclic amines) is 1. The maximum atomic E-state index is 6.13. The minimum atomic E-state index is -0.347. The predicted molar refractivity (Wildman–Crippen MR) is 133 cm³/mol. The van der Waals surface area contributed by atoms with Crippen LogP contribution in [0.3, 0.4) is 0 Å². The highest BCUT2D eigenvalue weighted by Crippen LogP contribution is 2.36. The van der Waals surface area contributed by atoms with E-state index in [0.717, 1.165) is 52.1 Å². The maximum absolute atomic E-state index is 6.13. The molecule has 1 fully saturated rings. The third kappa shape index (κ3) is 5.13. The van der Waals surface area contributed by atoms with Crippen LogP contribution in [-0.4, -0.2) is 33.7 Å². The van der Waals surface area contributed by atoms with Crippen LogP contribution in [0.4, 0.5) is 5.69 Å². The number of aromatic nitrogens is 2. The van der Waals surface area contributed by atoms with Gasteiger partial charge in [-0.2, -0.15) is 9.36 Å². The van der Waals surface area contributed by atoms with E-state index in [2.05, 4.69) is 41.1 Å². The van der Waals surface area contributed by atoms with E-state index in [4.69, 9.17) is 21.3 Å². The molecular formula is C25H29ClN4OS. The summed E-state index contributed by atoms with van der Waals surface area (Å²) in [5.74, 6) is 1.52. The molecule has 0 radical (unpaired) electrons. The number of hydrogen-bond donors (Lipinski definition) is 0. The van der Waals surface area contributed by atoms with Crippen LogP contribution in [0.2, 0.25) is 5.02 Å². The van der Waals surface area contributed by atoms with Crippen molar-refractivity contribution in [2.24, 2.45) is 4.99 Å². The Morgan fingerprint density at radius 3 is 2.50 bits per heavy atom. The van der Waals surface area contributed by atoms with Gasteiger partial charge in [-0.25, -0.2) is 4.99 Å². The fourth-order valence-electron chi connectivity index (χ4n) is 3.80. The molecule has 1 aliphatic heterocycles. The summed E-state index contributed by atoms with van der Waals surface area (Å²) in [4.78, 5) is 11.7. The van der Waals surface area contributed by atoms with Gasteiger partial charge in [0.2, 0.25) is 0 Å². The lowest BCUT2D eigenvalue weighted by Gasteiger charge is -2.23. The smallest absolute Gasteiger partial charge is 0.298 e. The Morgan fingerprint density at radius 1 is 1.06 bits per heavy atom. The van der Waals surface area contributed by atoms with Crippen LogP contribution < -0.4 is 4.74 Å². The Morgan fingerprint density at radius 2 is 1.78 bits per heavy atom. The largest absolute Gasteiger partial charge is 0.430 e. The molecule has 0 bridgehead atoms. The van der Waals surface area contributed by atoms with Crippen molar-refractivity contribution in [3.05, 3.63) is 63.9 Å². The Labute approximate surface area is 199 Å². The summed E-state index contributed by atoms with van der Waals surface area (Å²) < 4.78 is 10.7. The van der Waals surface area contributed by atoms with E-state index in [-0.39, 0.29) is 5.41 Å². The van der Waals surface area contributed by atoms with Gasteiger partial charge in [-0.1, -0.05) is 23.7 Å². The number of halogens is 1. The minimum absolute atomic E-state index is 0.347. The van der Waals surface area contributed by atoms with E-state index < -0.39 is 0 Å². The number of hydrogen-bond acceptors (Lipinski definition) is 5. The van der Waals surface area contributed by atoms with Gasteiger partial charge in [0.1, 0.15) is 5.75 Å². The summed E-state index contributed by atoms with van der Waals surface area (Å²) in [5, 5.41) is 1.25. The first-order valence-corrected chi connectivity index (χ1v) is 12.2. The molecule has 1 saturated heterocycles. The Kier molecular flexibility index (Phi) is 6.82. The normalized spacial score (nSPS) is 14.8. The molecule has 5 nitrogen and oxygen atoms in total. The van der Waals surface area contributed by atoms with E-state index in [0.29, 0.717) is 5.19 Å². The molecule has 0 unspecified atom stereocenters. The monoisotopic (exact) mass is 468 g/mol. The molecule has 7 heteroatoms. The zero-order chi connectivity index (χ0) is 22.7. The molecule has 168 valence electrons. The van der Waals surface area contributed by atoms with Gasteiger partial charge in [-0.05, 0) is 87.9 Å². The van der Waals surface area contributed by atoms with Crippen molar-refractivity contribution in [1.29, 1.82) is 0 Å². The van der Waals surface area contributed by atoms with E-state index in [9.17, 15) is 0 Å². The molecule has 1 aliphatic rings. The van der Waals surface area contributed by atoms with Crippen LogP contribution in [-0.2, 0) is 5.41 Å². The van der Waals surface area contributed by atoms with Crippen molar-refractivity contribution in [3.8, 4) is 10.9 Å². The van der Waals surface area contributed by atoms with Gasteiger partial charge in [0.15, 0.2) is 5.82 Å². The van der Waals surface area contributed by atoms with Crippen LogP contribution in [0.25, 0.3) is 0 Å². The summed E-state index contributed by atoms with van der Waals surface area (Å²) in [6.07, 6.45) is 5.79. The molecule has 2 aromatic carbocycles. The number of piperidine rings is 1. The van der Waals surface area contributed by atoms with Gasteiger partial charge in [0.25, 0.3) is 5.19 Å². The zero-order valence-electron chi connectivity index (χ0n) is 19.1. The molecular weight excluding hydrogens is 440 g/mol. The van der Waals surface area contributed by atoms with Gasteiger partial charge in [-0.3, -0.25) is 0 Å². The number of ether oxygens (including phenoxy) is 1. The highest BCUT2D eigenvalue weighted by Gasteiger charge is 2.28.